The van der Waals surface area contributed by atoms with Gasteiger partial charge in [0.25, 0.3) is 0 Å². The lowest BCUT2D eigenvalue weighted by molar-refractivity contribution is -0.130. The fraction of sp³-hybridized carbons (Fsp3) is 0.632. The minimum absolute atomic E-state index is 0.0421. The lowest BCUT2D eigenvalue weighted by Gasteiger charge is -2.45. The van der Waals surface area contributed by atoms with Gasteiger partial charge in [-0.05, 0) is 25.0 Å². The van der Waals surface area contributed by atoms with E-state index < -0.39 is 10.0 Å². The molecule has 2 aliphatic heterocycles. The highest BCUT2D eigenvalue weighted by molar-refractivity contribution is 7.89. The van der Waals surface area contributed by atoms with Crippen LogP contribution < -0.4 is 0 Å². The SMILES string of the molecule is CCC(=O)N1CCC(CC)(N2CCN(S(=O)(=O)c3cccc4nsnc34)CC2)C1. The summed E-state index contributed by atoms with van der Waals surface area (Å²) in [6, 6.07) is 5.12. The van der Waals surface area contributed by atoms with Crippen molar-refractivity contribution in [3.05, 3.63) is 18.2 Å². The average molecular weight is 438 g/mol. The summed E-state index contributed by atoms with van der Waals surface area (Å²) in [6.45, 7) is 7.83. The van der Waals surface area contributed by atoms with Gasteiger partial charge in [0, 0.05) is 51.2 Å². The van der Waals surface area contributed by atoms with Gasteiger partial charge in [-0.2, -0.15) is 13.1 Å². The zero-order valence-electron chi connectivity index (χ0n) is 16.9. The van der Waals surface area contributed by atoms with E-state index in [1.807, 2.05) is 11.8 Å². The summed E-state index contributed by atoms with van der Waals surface area (Å²) in [6.07, 6.45) is 2.44. The molecule has 1 atom stereocenters. The number of hydrogen-bond acceptors (Lipinski definition) is 7. The van der Waals surface area contributed by atoms with E-state index >= 15 is 0 Å². The highest BCUT2D eigenvalue weighted by Crippen LogP contribution is 2.33. The van der Waals surface area contributed by atoms with E-state index in [0.717, 1.165) is 37.7 Å². The molecular formula is C19H27N5O3S2. The lowest BCUT2D eigenvalue weighted by atomic mass is 9.92. The quantitative estimate of drug-likeness (QED) is 0.709. The summed E-state index contributed by atoms with van der Waals surface area (Å²) in [5, 5.41) is 0. The van der Waals surface area contributed by atoms with Crippen LogP contribution in [0.25, 0.3) is 11.0 Å². The van der Waals surface area contributed by atoms with Crippen LogP contribution in [0.15, 0.2) is 23.1 Å². The van der Waals surface area contributed by atoms with E-state index in [1.54, 1.807) is 22.5 Å². The first-order valence-corrected chi connectivity index (χ1v) is 12.3. The van der Waals surface area contributed by atoms with Gasteiger partial charge in [0.1, 0.15) is 15.9 Å². The number of carbonyl (C=O) groups excluding carboxylic acids is 1. The molecule has 1 aromatic carbocycles. The van der Waals surface area contributed by atoms with Gasteiger partial charge in [-0.3, -0.25) is 9.69 Å². The maximum Gasteiger partial charge on any atom is 0.245 e. The van der Waals surface area contributed by atoms with Gasteiger partial charge < -0.3 is 4.90 Å². The number of amides is 1. The second-order valence-electron chi connectivity index (χ2n) is 7.78. The molecule has 29 heavy (non-hydrogen) atoms. The average Bonchev–Trinajstić information content (AvgIpc) is 3.40. The first kappa shape index (κ1) is 20.6. The molecule has 2 fully saturated rings. The smallest absolute Gasteiger partial charge is 0.245 e. The van der Waals surface area contributed by atoms with Crippen LogP contribution in [0.5, 0.6) is 0 Å². The molecule has 3 heterocycles. The Bertz CT molecular complexity index is 1000. The summed E-state index contributed by atoms with van der Waals surface area (Å²) in [5.41, 5.74) is 1.03. The van der Waals surface area contributed by atoms with Crippen molar-refractivity contribution in [3.8, 4) is 0 Å². The molecule has 1 amide bonds. The zero-order chi connectivity index (χ0) is 20.6. The Kier molecular flexibility index (Phi) is 5.62. The van der Waals surface area contributed by atoms with Crippen molar-refractivity contribution in [2.45, 2.75) is 43.5 Å². The topological polar surface area (TPSA) is 86.7 Å². The van der Waals surface area contributed by atoms with Crippen molar-refractivity contribution in [3.63, 3.8) is 0 Å². The van der Waals surface area contributed by atoms with Gasteiger partial charge in [-0.15, -0.1) is 0 Å². The summed E-state index contributed by atoms with van der Waals surface area (Å²) >= 11 is 1.03. The first-order chi connectivity index (χ1) is 13.9. The van der Waals surface area contributed by atoms with Crippen molar-refractivity contribution in [2.24, 2.45) is 0 Å². The fourth-order valence-corrected chi connectivity index (χ4v) is 6.77. The first-order valence-electron chi connectivity index (χ1n) is 10.2. The largest absolute Gasteiger partial charge is 0.341 e. The second kappa shape index (κ2) is 7.90. The van der Waals surface area contributed by atoms with Crippen molar-refractivity contribution < 1.29 is 13.2 Å². The van der Waals surface area contributed by atoms with Gasteiger partial charge in [0.2, 0.25) is 15.9 Å². The summed E-state index contributed by atoms with van der Waals surface area (Å²) in [5.74, 6) is 0.200. The predicted molar refractivity (Wildman–Crippen MR) is 112 cm³/mol. The number of nitrogens with zero attached hydrogens (tertiary/aromatic N) is 5. The van der Waals surface area contributed by atoms with Crippen molar-refractivity contribution in [1.82, 2.24) is 22.9 Å². The molecule has 0 aliphatic carbocycles. The van der Waals surface area contributed by atoms with Crippen LogP contribution in [0.2, 0.25) is 0 Å². The zero-order valence-corrected chi connectivity index (χ0v) is 18.5. The number of hydrogen-bond donors (Lipinski definition) is 0. The van der Waals surface area contributed by atoms with E-state index in [1.165, 1.54) is 0 Å². The standard InChI is InChI=1S/C19H27N5O3S2/c1-3-17(25)22-9-8-19(4-2,14-22)23-10-12-24(13-11-23)29(26,27)16-7-5-6-15-18(16)21-28-20-15/h5-7H,3-4,8-14H2,1-2H3. The normalized spacial score (nSPS) is 24.4. The Morgan fingerprint density at radius 3 is 2.59 bits per heavy atom. The van der Waals surface area contributed by atoms with Crippen LogP contribution in [0, 0.1) is 0 Å². The molecular weight excluding hydrogens is 410 g/mol. The fourth-order valence-electron chi connectivity index (χ4n) is 4.59. The molecule has 8 nitrogen and oxygen atoms in total. The Morgan fingerprint density at radius 1 is 1.14 bits per heavy atom. The minimum Gasteiger partial charge on any atom is -0.341 e. The molecule has 4 rings (SSSR count). The highest BCUT2D eigenvalue weighted by Gasteiger charge is 2.44. The molecule has 0 spiro atoms. The Labute approximate surface area is 175 Å². The summed E-state index contributed by atoms with van der Waals surface area (Å²) in [4.78, 5) is 16.7. The third-order valence-electron chi connectivity index (χ3n) is 6.42. The van der Waals surface area contributed by atoms with Crippen molar-refractivity contribution in [2.75, 3.05) is 39.3 Å². The van der Waals surface area contributed by atoms with Crippen LogP contribution in [-0.2, 0) is 14.8 Å². The number of fused-ring (bicyclic) bond motifs is 1. The maximum atomic E-state index is 13.2. The molecule has 0 saturated carbocycles. The highest BCUT2D eigenvalue weighted by atomic mass is 32.2. The van der Waals surface area contributed by atoms with Crippen LogP contribution in [-0.4, -0.2) is 82.0 Å². The Morgan fingerprint density at radius 2 is 1.90 bits per heavy atom. The van der Waals surface area contributed by atoms with Crippen molar-refractivity contribution in [1.29, 1.82) is 0 Å². The van der Waals surface area contributed by atoms with Crippen LogP contribution in [0.1, 0.15) is 33.1 Å². The van der Waals surface area contributed by atoms with E-state index in [2.05, 4.69) is 20.6 Å². The number of carbonyl (C=O) groups is 1. The monoisotopic (exact) mass is 437 g/mol. The second-order valence-corrected chi connectivity index (χ2v) is 10.2. The van der Waals surface area contributed by atoms with Crippen LogP contribution in [0.3, 0.4) is 0 Å². The lowest BCUT2D eigenvalue weighted by Crippen LogP contribution is -2.58. The molecule has 0 bridgehead atoms. The number of aromatic nitrogens is 2. The molecule has 2 aromatic rings. The van der Waals surface area contributed by atoms with Crippen LogP contribution in [0.4, 0.5) is 0 Å². The molecule has 2 saturated heterocycles. The molecule has 0 radical (unpaired) electrons. The van der Waals surface area contributed by atoms with Gasteiger partial charge in [-0.1, -0.05) is 19.9 Å². The Balaban J connectivity index is 1.49. The van der Waals surface area contributed by atoms with Crippen LogP contribution >= 0.6 is 11.7 Å². The number of benzene rings is 1. The van der Waals surface area contributed by atoms with E-state index in [0.29, 0.717) is 43.6 Å². The van der Waals surface area contributed by atoms with Gasteiger partial charge in [0.05, 0.1) is 11.7 Å². The third-order valence-corrected chi connectivity index (χ3v) is 8.89. The van der Waals surface area contributed by atoms with E-state index in [4.69, 9.17) is 0 Å². The minimum atomic E-state index is -3.61. The number of sulfonamides is 1. The molecule has 2 aliphatic rings. The molecule has 1 aromatic heterocycles. The molecule has 1 unspecified atom stereocenters. The number of likely N-dealkylation sites (tertiary alicyclic amines) is 1. The van der Waals surface area contributed by atoms with Gasteiger partial charge in [0.15, 0.2) is 0 Å². The third kappa shape index (κ3) is 3.56. The van der Waals surface area contributed by atoms with Gasteiger partial charge >= 0.3 is 0 Å². The summed E-state index contributed by atoms with van der Waals surface area (Å²) in [7, 11) is -3.61. The number of piperazine rings is 1. The molecule has 0 N–H and O–H groups in total. The van der Waals surface area contributed by atoms with Crippen molar-refractivity contribution >= 4 is 38.7 Å². The predicted octanol–water partition coefficient (Wildman–Crippen LogP) is 1.79. The molecule has 10 heteroatoms. The van der Waals surface area contributed by atoms with Gasteiger partial charge in [-0.25, -0.2) is 8.42 Å². The summed E-state index contributed by atoms with van der Waals surface area (Å²) < 4.78 is 36.4. The van der Waals surface area contributed by atoms with E-state index in [9.17, 15) is 13.2 Å². The Hall–Kier alpha value is -1.62. The maximum absolute atomic E-state index is 13.2. The number of rotatable bonds is 5. The molecule has 158 valence electrons. The van der Waals surface area contributed by atoms with E-state index in [-0.39, 0.29) is 16.3 Å².